The molecule has 1 aromatic carbocycles. The highest BCUT2D eigenvalue weighted by Crippen LogP contribution is 2.23. The molecule has 0 atom stereocenters. The minimum atomic E-state index is 0.824. The van der Waals surface area contributed by atoms with Gasteiger partial charge in [-0.3, -0.25) is 9.80 Å². The molecule has 0 saturated heterocycles. The third-order valence-electron chi connectivity index (χ3n) is 4.01. The van der Waals surface area contributed by atoms with Crippen molar-refractivity contribution in [1.29, 1.82) is 0 Å². The molecular weight excluding hydrogens is 262 g/mol. The van der Waals surface area contributed by atoms with Crippen molar-refractivity contribution >= 4 is 0 Å². The summed E-state index contributed by atoms with van der Waals surface area (Å²) >= 11 is 0. The fraction of sp³-hybridized carbons (Fsp3) is 0.500. The lowest BCUT2D eigenvalue weighted by atomic mass is 10.1. The van der Waals surface area contributed by atoms with E-state index in [-0.39, 0.29) is 0 Å². The summed E-state index contributed by atoms with van der Waals surface area (Å²) in [5.41, 5.74) is 4.31. The van der Waals surface area contributed by atoms with Crippen molar-refractivity contribution < 1.29 is 0 Å². The Bertz CT molecular complexity index is 619. The van der Waals surface area contributed by atoms with Crippen LogP contribution in [-0.4, -0.2) is 38.7 Å². The van der Waals surface area contributed by atoms with Gasteiger partial charge in [-0.1, -0.05) is 18.2 Å². The van der Waals surface area contributed by atoms with Crippen LogP contribution in [0.1, 0.15) is 29.4 Å². The number of aromatic nitrogens is 3. The van der Waals surface area contributed by atoms with Crippen LogP contribution in [-0.2, 0) is 32.7 Å². The average molecular weight is 285 g/mol. The topological polar surface area (TPSA) is 37.2 Å². The van der Waals surface area contributed by atoms with Gasteiger partial charge in [-0.05, 0) is 37.7 Å². The lowest BCUT2D eigenvalue weighted by molar-refractivity contribution is 0.303. The summed E-state index contributed by atoms with van der Waals surface area (Å²) in [4.78, 5) is 8.98. The second kappa shape index (κ2) is 5.95. The molecule has 1 aliphatic rings. The molecule has 1 aromatic heterocycles. The first-order valence-electron chi connectivity index (χ1n) is 7.50. The van der Waals surface area contributed by atoms with Crippen molar-refractivity contribution in [3.05, 3.63) is 47.0 Å². The lowest BCUT2D eigenvalue weighted by Crippen LogP contribution is -2.20. The smallest absolute Gasteiger partial charge is 0.140 e. The van der Waals surface area contributed by atoms with Gasteiger partial charge in [0, 0.05) is 26.2 Å². The minimum absolute atomic E-state index is 0.824. The van der Waals surface area contributed by atoms with Crippen LogP contribution in [0.25, 0.3) is 0 Å². The predicted molar refractivity (Wildman–Crippen MR) is 82.5 cm³/mol. The first-order chi connectivity index (χ1) is 10.2. The zero-order valence-electron chi connectivity index (χ0n) is 13.1. The van der Waals surface area contributed by atoms with E-state index in [1.807, 2.05) is 4.68 Å². The molecule has 0 amide bonds. The molecule has 0 saturated carbocycles. The molecule has 0 spiro atoms. The van der Waals surface area contributed by atoms with Crippen LogP contribution in [0.15, 0.2) is 24.5 Å². The van der Waals surface area contributed by atoms with Crippen LogP contribution in [0, 0.1) is 0 Å². The van der Waals surface area contributed by atoms with Gasteiger partial charge < -0.3 is 0 Å². The summed E-state index contributed by atoms with van der Waals surface area (Å²) in [7, 11) is 4.30. The molecule has 3 rings (SSSR count). The van der Waals surface area contributed by atoms with Crippen LogP contribution in [0.4, 0.5) is 0 Å². The molecule has 1 aliphatic heterocycles. The van der Waals surface area contributed by atoms with Crippen molar-refractivity contribution in [2.75, 3.05) is 14.1 Å². The number of fused-ring (bicyclic) bond motifs is 1. The van der Waals surface area contributed by atoms with E-state index < -0.39 is 0 Å². The number of hydrogen-bond acceptors (Lipinski definition) is 4. The molecular formula is C16H23N5. The minimum Gasteiger partial charge on any atom is -0.298 e. The van der Waals surface area contributed by atoms with Gasteiger partial charge in [0.05, 0.1) is 6.54 Å². The van der Waals surface area contributed by atoms with E-state index in [4.69, 9.17) is 0 Å². The number of benzene rings is 1. The van der Waals surface area contributed by atoms with Crippen molar-refractivity contribution in [2.45, 2.75) is 39.6 Å². The van der Waals surface area contributed by atoms with Gasteiger partial charge in [0.15, 0.2) is 0 Å². The lowest BCUT2D eigenvalue weighted by Gasteiger charge is -2.17. The Labute approximate surface area is 126 Å². The zero-order chi connectivity index (χ0) is 14.8. The molecule has 2 heterocycles. The van der Waals surface area contributed by atoms with Gasteiger partial charge >= 0.3 is 0 Å². The van der Waals surface area contributed by atoms with Crippen molar-refractivity contribution in [3.8, 4) is 0 Å². The third-order valence-corrected chi connectivity index (χ3v) is 4.01. The monoisotopic (exact) mass is 285 g/mol. The highest BCUT2D eigenvalue weighted by atomic mass is 15.3. The predicted octanol–water partition coefficient (Wildman–Crippen LogP) is 1.88. The van der Waals surface area contributed by atoms with E-state index in [0.29, 0.717) is 0 Å². The highest BCUT2D eigenvalue weighted by molar-refractivity contribution is 5.34. The van der Waals surface area contributed by atoms with Gasteiger partial charge in [-0.15, -0.1) is 0 Å². The summed E-state index contributed by atoms with van der Waals surface area (Å²) < 4.78 is 1.95. The Morgan fingerprint density at radius 3 is 2.81 bits per heavy atom. The van der Waals surface area contributed by atoms with Crippen molar-refractivity contribution in [1.82, 2.24) is 24.6 Å². The quantitative estimate of drug-likeness (QED) is 0.840. The van der Waals surface area contributed by atoms with Gasteiger partial charge in [-0.25, -0.2) is 9.67 Å². The zero-order valence-corrected chi connectivity index (χ0v) is 13.1. The summed E-state index contributed by atoms with van der Waals surface area (Å²) in [6, 6.07) is 6.87. The van der Waals surface area contributed by atoms with E-state index in [9.17, 15) is 0 Å². The first-order valence-corrected chi connectivity index (χ1v) is 7.50. The molecule has 0 bridgehead atoms. The molecule has 0 fully saturated rings. The maximum Gasteiger partial charge on any atom is 0.140 e. The van der Waals surface area contributed by atoms with Crippen LogP contribution in [0.2, 0.25) is 0 Å². The highest BCUT2D eigenvalue weighted by Gasteiger charge is 2.16. The Morgan fingerprint density at radius 2 is 2.00 bits per heavy atom. The fourth-order valence-electron chi connectivity index (χ4n) is 3.00. The number of rotatable bonds is 5. The van der Waals surface area contributed by atoms with E-state index in [0.717, 1.165) is 38.5 Å². The van der Waals surface area contributed by atoms with E-state index in [1.165, 1.54) is 16.7 Å². The Kier molecular flexibility index (Phi) is 4.03. The third kappa shape index (κ3) is 3.14. The van der Waals surface area contributed by atoms with Crippen molar-refractivity contribution in [3.63, 3.8) is 0 Å². The second-order valence-corrected chi connectivity index (χ2v) is 5.94. The number of nitrogens with zero attached hydrogens (tertiary/aromatic N) is 5. The van der Waals surface area contributed by atoms with Crippen LogP contribution >= 0.6 is 0 Å². The molecule has 0 aliphatic carbocycles. The van der Waals surface area contributed by atoms with E-state index in [2.05, 4.69) is 59.1 Å². The SMILES string of the molecule is CCn1ncnc1CN(C)Cc1ccc2c(c1)CN(C)C2. The summed E-state index contributed by atoms with van der Waals surface area (Å²) in [5.74, 6) is 1.03. The molecule has 5 nitrogen and oxygen atoms in total. The van der Waals surface area contributed by atoms with Gasteiger partial charge in [0.1, 0.15) is 12.2 Å². The van der Waals surface area contributed by atoms with Crippen molar-refractivity contribution in [2.24, 2.45) is 0 Å². The van der Waals surface area contributed by atoms with E-state index >= 15 is 0 Å². The standard InChI is InChI=1S/C16H23N5/c1-4-21-16(17-12-18-21)11-19(2)8-13-5-6-14-9-20(3)10-15(14)7-13/h5-7,12H,4,8-11H2,1-3H3. The Hall–Kier alpha value is -1.72. The van der Waals surface area contributed by atoms with Gasteiger partial charge in [0.2, 0.25) is 0 Å². The first kappa shape index (κ1) is 14.2. The maximum absolute atomic E-state index is 4.34. The van der Waals surface area contributed by atoms with Crippen LogP contribution < -0.4 is 0 Å². The number of aryl methyl sites for hydroxylation is 1. The molecule has 2 aromatic rings. The average Bonchev–Trinajstić information content (AvgIpc) is 3.03. The molecule has 21 heavy (non-hydrogen) atoms. The van der Waals surface area contributed by atoms with Gasteiger partial charge in [-0.2, -0.15) is 5.10 Å². The normalized spacial score (nSPS) is 14.9. The molecule has 0 unspecified atom stereocenters. The Balaban J connectivity index is 1.65. The molecule has 5 heteroatoms. The Morgan fingerprint density at radius 1 is 1.19 bits per heavy atom. The second-order valence-electron chi connectivity index (χ2n) is 5.94. The van der Waals surface area contributed by atoms with Crippen LogP contribution in [0.5, 0.6) is 0 Å². The summed E-state index contributed by atoms with van der Waals surface area (Å²) in [5, 5.41) is 4.22. The fourth-order valence-corrected chi connectivity index (χ4v) is 3.00. The summed E-state index contributed by atoms with van der Waals surface area (Å²) in [6.07, 6.45) is 1.64. The van der Waals surface area contributed by atoms with Crippen LogP contribution in [0.3, 0.4) is 0 Å². The molecule has 112 valence electrons. The largest absolute Gasteiger partial charge is 0.298 e. The van der Waals surface area contributed by atoms with Gasteiger partial charge in [0.25, 0.3) is 0 Å². The number of hydrogen-bond donors (Lipinski definition) is 0. The summed E-state index contributed by atoms with van der Waals surface area (Å²) in [6.45, 7) is 6.87. The van der Waals surface area contributed by atoms with E-state index in [1.54, 1.807) is 6.33 Å². The molecule has 0 radical (unpaired) electrons. The molecule has 0 N–H and O–H groups in total. The maximum atomic E-state index is 4.34.